The van der Waals surface area contributed by atoms with Gasteiger partial charge >= 0.3 is 0 Å². The summed E-state index contributed by atoms with van der Waals surface area (Å²) in [5, 5.41) is 6.44. The van der Waals surface area contributed by atoms with Crippen LogP contribution in [0.1, 0.15) is 5.69 Å². The molecule has 4 nitrogen and oxygen atoms in total. The van der Waals surface area contributed by atoms with E-state index in [-0.39, 0.29) is 0 Å². The van der Waals surface area contributed by atoms with Gasteiger partial charge in [0.25, 0.3) is 0 Å². The minimum absolute atomic E-state index is 0.404. The predicted molar refractivity (Wildman–Crippen MR) is 65.7 cm³/mol. The number of nitrogens with two attached hydrogens (primary N) is 1. The highest BCUT2D eigenvalue weighted by molar-refractivity contribution is 7.99. The lowest BCUT2D eigenvalue weighted by Gasteiger charge is -2.02. The highest BCUT2D eigenvalue weighted by Gasteiger charge is 2.06. The molecule has 0 aliphatic heterocycles. The van der Waals surface area contributed by atoms with Gasteiger partial charge in [0.1, 0.15) is 15.2 Å². The third kappa shape index (κ3) is 2.48. The van der Waals surface area contributed by atoms with Crippen molar-refractivity contribution >= 4 is 29.1 Å². The summed E-state index contributed by atoms with van der Waals surface area (Å²) in [6.07, 6.45) is 0. The Labute approximate surface area is 103 Å². The summed E-state index contributed by atoms with van der Waals surface area (Å²) in [5.74, 6) is 0. The van der Waals surface area contributed by atoms with Gasteiger partial charge in [-0.3, -0.25) is 4.68 Å². The van der Waals surface area contributed by atoms with Gasteiger partial charge in [-0.2, -0.15) is 5.10 Å². The maximum Gasteiger partial charge on any atom is 0.132 e. The minimum atomic E-state index is 0.404. The van der Waals surface area contributed by atoms with Crippen molar-refractivity contribution < 1.29 is 0 Å². The molecule has 16 heavy (non-hydrogen) atoms. The average Bonchev–Trinajstić information content (AvgIpc) is 2.43. The van der Waals surface area contributed by atoms with Gasteiger partial charge in [-0.15, -0.1) is 0 Å². The lowest BCUT2D eigenvalue weighted by Crippen LogP contribution is -1.93. The van der Waals surface area contributed by atoms with Crippen molar-refractivity contribution in [2.75, 3.05) is 5.73 Å². The van der Waals surface area contributed by atoms with E-state index in [1.807, 2.05) is 20.0 Å². The van der Waals surface area contributed by atoms with Crippen LogP contribution in [0.5, 0.6) is 0 Å². The fourth-order valence-corrected chi connectivity index (χ4v) is 2.56. The van der Waals surface area contributed by atoms with Gasteiger partial charge in [-0.25, -0.2) is 4.98 Å². The summed E-state index contributed by atoms with van der Waals surface area (Å²) in [6, 6.07) is 5.41. The van der Waals surface area contributed by atoms with Crippen LogP contribution in [0.15, 0.2) is 28.3 Å². The van der Waals surface area contributed by atoms with Gasteiger partial charge in [-0.1, -0.05) is 23.4 Å². The molecule has 0 atom stereocenters. The Balaban J connectivity index is 2.30. The zero-order valence-electron chi connectivity index (χ0n) is 8.94. The molecule has 2 aromatic rings. The van der Waals surface area contributed by atoms with Crippen LogP contribution in [0.4, 0.5) is 5.69 Å². The van der Waals surface area contributed by atoms with Crippen LogP contribution in [-0.4, -0.2) is 14.8 Å². The van der Waals surface area contributed by atoms with Crippen LogP contribution in [0.25, 0.3) is 0 Å². The van der Waals surface area contributed by atoms with Crippen molar-refractivity contribution in [1.29, 1.82) is 0 Å². The maximum atomic E-state index is 5.83. The molecular weight excluding hydrogens is 244 g/mol. The second-order valence-corrected chi connectivity index (χ2v) is 4.84. The second-order valence-electron chi connectivity index (χ2n) is 3.41. The molecule has 0 aromatic carbocycles. The monoisotopic (exact) mass is 254 g/mol. The van der Waals surface area contributed by atoms with Gasteiger partial charge < -0.3 is 5.73 Å². The maximum absolute atomic E-state index is 5.83. The minimum Gasteiger partial charge on any atom is -0.399 e. The molecule has 0 spiro atoms. The highest BCUT2D eigenvalue weighted by Crippen LogP contribution is 2.28. The number of pyridine rings is 1. The number of aromatic nitrogens is 3. The van der Waals surface area contributed by atoms with Crippen molar-refractivity contribution in [3.8, 4) is 0 Å². The van der Waals surface area contributed by atoms with Crippen LogP contribution >= 0.6 is 23.4 Å². The van der Waals surface area contributed by atoms with E-state index in [0.29, 0.717) is 10.8 Å². The first kappa shape index (κ1) is 11.3. The molecular formula is C10H11ClN4S. The van der Waals surface area contributed by atoms with Crippen LogP contribution in [0, 0.1) is 6.92 Å². The first-order valence-electron chi connectivity index (χ1n) is 4.66. The van der Waals surface area contributed by atoms with E-state index >= 15 is 0 Å². The Morgan fingerprint density at radius 2 is 2.12 bits per heavy atom. The number of nitrogens with zero attached hydrogens (tertiary/aromatic N) is 3. The number of aryl methyl sites for hydroxylation is 2. The van der Waals surface area contributed by atoms with E-state index in [1.54, 1.807) is 16.8 Å². The highest BCUT2D eigenvalue weighted by atomic mass is 35.5. The van der Waals surface area contributed by atoms with Crippen LogP contribution in [-0.2, 0) is 7.05 Å². The van der Waals surface area contributed by atoms with Crippen LogP contribution in [0.2, 0.25) is 5.15 Å². The topological polar surface area (TPSA) is 56.7 Å². The largest absolute Gasteiger partial charge is 0.399 e. The lowest BCUT2D eigenvalue weighted by atomic mass is 10.4. The Morgan fingerprint density at radius 1 is 1.38 bits per heavy atom. The molecule has 0 radical (unpaired) electrons. The molecule has 0 bridgehead atoms. The van der Waals surface area contributed by atoms with E-state index in [0.717, 1.165) is 15.7 Å². The van der Waals surface area contributed by atoms with E-state index in [4.69, 9.17) is 17.3 Å². The van der Waals surface area contributed by atoms with Crippen molar-refractivity contribution in [2.24, 2.45) is 7.05 Å². The normalized spacial score (nSPS) is 10.7. The smallest absolute Gasteiger partial charge is 0.132 e. The van der Waals surface area contributed by atoms with Gasteiger partial charge in [0.15, 0.2) is 0 Å². The Bertz CT molecular complexity index is 503. The predicted octanol–water partition coefficient (Wildman–Crippen LogP) is 2.51. The molecule has 0 aliphatic rings. The Morgan fingerprint density at radius 3 is 2.69 bits per heavy atom. The fourth-order valence-electron chi connectivity index (χ4n) is 1.33. The van der Waals surface area contributed by atoms with Gasteiger partial charge in [0.05, 0.1) is 5.69 Å². The number of halogens is 1. The van der Waals surface area contributed by atoms with Crippen molar-refractivity contribution in [3.05, 3.63) is 29.0 Å². The van der Waals surface area contributed by atoms with E-state index in [1.165, 1.54) is 11.8 Å². The van der Waals surface area contributed by atoms with Crippen molar-refractivity contribution in [3.63, 3.8) is 0 Å². The summed E-state index contributed by atoms with van der Waals surface area (Å²) in [4.78, 5) is 4.19. The molecule has 2 aromatic heterocycles. The zero-order chi connectivity index (χ0) is 11.7. The summed E-state index contributed by atoms with van der Waals surface area (Å²) < 4.78 is 1.80. The molecule has 0 aliphatic carbocycles. The molecule has 0 unspecified atom stereocenters. The second kappa shape index (κ2) is 4.35. The zero-order valence-corrected chi connectivity index (χ0v) is 10.5. The third-order valence-electron chi connectivity index (χ3n) is 1.96. The van der Waals surface area contributed by atoms with Gasteiger partial charge in [0, 0.05) is 12.7 Å². The standard InChI is InChI=1S/C10H11ClN4S/c1-6-3-10(15(2)14-6)16-9-5-7(12)4-8(11)13-9/h3-5H,1-2H3,(H2,12,13). The molecule has 84 valence electrons. The molecule has 0 fully saturated rings. The number of hydrogen-bond acceptors (Lipinski definition) is 4. The molecule has 2 heterocycles. The molecule has 6 heteroatoms. The third-order valence-corrected chi connectivity index (χ3v) is 3.16. The Kier molecular flexibility index (Phi) is 3.07. The van der Waals surface area contributed by atoms with E-state index in [2.05, 4.69) is 10.1 Å². The number of nitrogen functional groups attached to an aromatic ring is 1. The molecule has 0 saturated carbocycles. The van der Waals surface area contributed by atoms with Crippen molar-refractivity contribution in [2.45, 2.75) is 17.0 Å². The summed E-state index contributed by atoms with van der Waals surface area (Å²) in [6.45, 7) is 1.95. The number of anilines is 1. The number of hydrogen-bond donors (Lipinski definition) is 1. The van der Waals surface area contributed by atoms with E-state index in [9.17, 15) is 0 Å². The average molecular weight is 255 g/mol. The summed E-state index contributed by atoms with van der Waals surface area (Å²) in [5.41, 5.74) is 7.28. The first-order chi connectivity index (χ1) is 7.54. The summed E-state index contributed by atoms with van der Waals surface area (Å²) >= 11 is 7.32. The Hall–Kier alpha value is -1.20. The summed E-state index contributed by atoms with van der Waals surface area (Å²) in [7, 11) is 1.89. The number of rotatable bonds is 2. The van der Waals surface area contributed by atoms with E-state index < -0.39 is 0 Å². The first-order valence-corrected chi connectivity index (χ1v) is 5.85. The molecule has 0 saturated heterocycles. The van der Waals surface area contributed by atoms with Gasteiger partial charge in [0.2, 0.25) is 0 Å². The fraction of sp³-hybridized carbons (Fsp3) is 0.200. The quantitative estimate of drug-likeness (QED) is 0.837. The molecule has 2 rings (SSSR count). The van der Waals surface area contributed by atoms with Crippen molar-refractivity contribution in [1.82, 2.24) is 14.8 Å². The lowest BCUT2D eigenvalue weighted by molar-refractivity contribution is 0.692. The molecule has 2 N–H and O–H groups in total. The SMILES string of the molecule is Cc1cc(Sc2cc(N)cc(Cl)n2)n(C)n1. The van der Waals surface area contributed by atoms with Crippen LogP contribution < -0.4 is 5.73 Å². The van der Waals surface area contributed by atoms with Crippen LogP contribution in [0.3, 0.4) is 0 Å². The molecule has 0 amide bonds. The van der Waals surface area contributed by atoms with Gasteiger partial charge in [-0.05, 0) is 25.1 Å².